The Hall–Kier alpha value is -1.03. The lowest BCUT2D eigenvalue weighted by atomic mass is 9.69. The van der Waals surface area contributed by atoms with E-state index in [4.69, 9.17) is 5.73 Å². The van der Waals surface area contributed by atoms with Gasteiger partial charge in [-0.15, -0.1) is 0 Å². The van der Waals surface area contributed by atoms with Gasteiger partial charge in [0.05, 0.1) is 5.56 Å². The number of benzene rings is 1. The highest BCUT2D eigenvalue weighted by Gasteiger charge is 2.49. The van der Waals surface area contributed by atoms with Crippen molar-refractivity contribution >= 4 is 0 Å². The topological polar surface area (TPSA) is 26.0 Å². The summed E-state index contributed by atoms with van der Waals surface area (Å²) >= 11 is 0. The molecular weight excluding hydrogens is 263 g/mol. The molecule has 0 radical (unpaired) electrons. The second-order valence-corrected chi connectivity index (χ2v) is 6.52. The quantitative estimate of drug-likeness (QED) is 0.891. The number of alkyl halides is 3. The molecule has 3 unspecified atom stereocenters. The predicted octanol–water partition coefficient (Wildman–Crippen LogP) is 4.01. The van der Waals surface area contributed by atoms with Crippen LogP contribution in [0.5, 0.6) is 0 Å². The van der Waals surface area contributed by atoms with E-state index < -0.39 is 11.7 Å². The van der Waals surface area contributed by atoms with Gasteiger partial charge < -0.3 is 5.73 Å². The highest BCUT2D eigenvalue weighted by atomic mass is 19.4. The Morgan fingerprint density at radius 1 is 1.15 bits per heavy atom. The predicted molar refractivity (Wildman–Crippen MR) is 72.1 cm³/mol. The first-order valence-corrected chi connectivity index (χ1v) is 7.29. The Balaban J connectivity index is 1.77. The molecule has 0 heterocycles. The zero-order valence-electron chi connectivity index (χ0n) is 11.4. The van der Waals surface area contributed by atoms with Crippen molar-refractivity contribution in [2.24, 2.45) is 23.0 Å². The van der Waals surface area contributed by atoms with Crippen LogP contribution in [0.2, 0.25) is 0 Å². The first-order valence-electron chi connectivity index (χ1n) is 7.29. The number of hydrogen-bond donors (Lipinski definition) is 1. The zero-order chi connectivity index (χ0) is 14.4. The summed E-state index contributed by atoms with van der Waals surface area (Å²) in [6, 6.07) is 5.61. The van der Waals surface area contributed by atoms with Gasteiger partial charge in [0.25, 0.3) is 0 Å². The molecule has 0 amide bonds. The van der Waals surface area contributed by atoms with Gasteiger partial charge in [-0.1, -0.05) is 18.6 Å². The fourth-order valence-corrected chi connectivity index (χ4v) is 4.31. The minimum atomic E-state index is -4.25. The number of hydrogen-bond acceptors (Lipinski definition) is 1. The van der Waals surface area contributed by atoms with E-state index in [1.807, 2.05) is 0 Å². The lowest BCUT2D eigenvalue weighted by molar-refractivity contribution is -0.137. The molecule has 3 rings (SSSR count). The van der Waals surface area contributed by atoms with Crippen molar-refractivity contribution in [2.75, 3.05) is 6.54 Å². The Morgan fingerprint density at radius 2 is 1.85 bits per heavy atom. The summed E-state index contributed by atoms with van der Waals surface area (Å²) in [4.78, 5) is 0. The van der Waals surface area contributed by atoms with E-state index in [-0.39, 0.29) is 5.41 Å². The van der Waals surface area contributed by atoms with Gasteiger partial charge in [0.2, 0.25) is 0 Å². The third-order valence-electron chi connectivity index (χ3n) is 5.35. The molecule has 2 bridgehead atoms. The molecule has 2 saturated carbocycles. The first-order chi connectivity index (χ1) is 9.43. The van der Waals surface area contributed by atoms with E-state index in [0.717, 1.165) is 24.3 Å². The number of rotatable bonds is 3. The van der Waals surface area contributed by atoms with Crippen LogP contribution in [0.15, 0.2) is 24.3 Å². The first kappa shape index (κ1) is 13.9. The van der Waals surface area contributed by atoms with E-state index >= 15 is 0 Å². The Labute approximate surface area is 117 Å². The number of nitrogens with two attached hydrogens (primary N) is 1. The summed E-state index contributed by atoms with van der Waals surface area (Å²) in [5.41, 5.74) is 6.56. The van der Waals surface area contributed by atoms with Gasteiger partial charge in [-0.25, -0.2) is 0 Å². The lowest BCUT2D eigenvalue weighted by Crippen LogP contribution is -2.37. The largest absolute Gasteiger partial charge is 0.416 e. The zero-order valence-corrected chi connectivity index (χ0v) is 11.4. The average molecular weight is 283 g/mol. The summed E-state index contributed by atoms with van der Waals surface area (Å²) in [7, 11) is 0. The monoisotopic (exact) mass is 283 g/mol. The summed E-state index contributed by atoms with van der Waals surface area (Å²) in [5, 5.41) is 0. The maximum absolute atomic E-state index is 12.6. The van der Waals surface area contributed by atoms with Crippen molar-refractivity contribution in [3.63, 3.8) is 0 Å². The number of halogens is 3. The van der Waals surface area contributed by atoms with Crippen molar-refractivity contribution in [3.8, 4) is 0 Å². The molecular formula is C16H20F3N. The molecule has 3 atom stereocenters. The van der Waals surface area contributed by atoms with Crippen molar-refractivity contribution < 1.29 is 13.2 Å². The third-order valence-corrected chi connectivity index (χ3v) is 5.35. The maximum atomic E-state index is 12.6. The molecule has 0 saturated heterocycles. The molecule has 0 aliphatic heterocycles. The van der Waals surface area contributed by atoms with E-state index in [9.17, 15) is 13.2 Å². The molecule has 1 aromatic carbocycles. The van der Waals surface area contributed by atoms with Gasteiger partial charge in [0.15, 0.2) is 0 Å². The van der Waals surface area contributed by atoms with Gasteiger partial charge in [0.1, 0.15) is 0 Å². The van der Waals surface area contributed by atoms with Crippen molar-refractivity contribution in [3.05, 3.63) is 35.4 Å². The van der Waals surface area contributed by atoms with Crippen LogP contribution in [0, 0.1) is 17.3 Å². The summed E-state index contributed by atoms with van der Waals surface area (Å²) < 4.78 is 37.7. The SMILES string of the molecule is NCC1(Cc2ccc(C(F)(F)F)cc2)CC2CCC1C2. The third kappa shape index (κ3) is 2.34. The van der Waals surface area contributed by atoms with E-state index in [0.29, 0.717) is 12.5 Å². The fourth-order valence-electron chi connectivity index (χ4n) is 4.31. The summed E-state index contributed by atoms with van der Waals surface area (Å²) in [6.07, 6.45) is 1.52. The van der Waals surface area contributed by atoms with Gasteiger partial charge in [-0.3, -0.25) is 0 Å². The van der Waals surface area contributed by atoms with Crippen LogP contribution in [0.3, 0.4) is 0 Å². The van der Waals surface area contributed by atoms with Crippen LogP contribution >= 0.6 is 0 Å². The van der Waals surface area contributed by atoms with Crippen LogP contribution in [-0.4, -0.2) is 6.54 Å². The second-order valence-electron chi connectivity index (χ2n) is 6.52. The van der Waals surface area contributed by atoms with Gasteiger partial charge >= 0.3 is 6.18 Å². The van der Waals surface area contributed by atoms with E-state index in [1.165, 1.54) is 31.4 Å². The molecule has 2 aliphatic rings. The van der Waals surface area contributed by atoms with Crippen LogP contribution < -0.4 is 5.73 Å². The highest BCUT2D eigenvalue weighted by Crippen LogP contribution is 2.56. The maximum Gasteiger partial charge on any atom is 0.416 e. The van der Waals surface area contributed by atoms with Crippen LogP contribution in [0.4, 0.5) is 13.2 Å². The van der Waals surface area contributed by atoms with Crippen LogP contribution in [0.1, 0.15) is 36.8 Å². The van der Waals surface area contributed by atoms with Crippen LogP contribution in [0.25, 0.3) is 0 Å². The lowest BCUT2D eigenvalue weighted by Gasteiger charge is -2.37. The normalized spacial score (nSPS) is 32.8. The van der Waals surface area contributed by atoms with E-state index in [2.05, 4.69) is 0 Å². The van der Waals surface area contributed by atoms with Crippen molar-refractivity contribution in [2.45, 2.75) is 38.3 Å². The van der Waals surface area contributed by atoms with Gasteiger partial charge in [-0.05, 0) is 67.2 Å². The fraction of sp³-hybridized carbons (Fsp3) is 0.625. The smallest absolute Gasteiger partial charge is 0.330 e. The minimum Gasteiger partial charge on any atom is -0.330 e. The molecule has 20 heavy (non-hydrogen) atoms. The van der Waals surface area contributed by atoms with Gasteiger partial charge in [0, 0.05) is 0 Å². The van der Waals surface area contributed by atoms with Crippen molar-refractivity contribution in [1.82, 2.24) is 0 Å². The van der Waals surface area contributed by atoms with Crippen molar-refractivity contribution in [1.29, 1.82) is 0 Å². The molecule has 4 heteroatoms. The van der Waals surface area contributed by atoms with E-state index in [1.54, 1.807) is 12.1 Å². The summed E-state index contributed by atoms with van der Waals surface area (Å²) in [5.74, 6) is 1.46. The molecule has 0 aromatic heterocycles. The number of fused-ring (bicyclic) bond motifs is 2. The molecule has 1 nitrogen and oxygen atoms in total. The minimum absolute atomic E-state index is 0.128. The Kier molecular flexibility index (Phi) is 3.32. The highest BCUT2D eigenvalue weighted by molar-refractivity contribution is 5.26. The molecule has 2 fully saturated rings. The molecule has 2 aliphatic carbocycles. The second kappa shape index (κ2) is 4.76. The molecule has 2 N–H and O–H groups in total. The van der Waals surface area contributed by atoms with Gasteiger partial charge in [-0.2, -0.15) is 13.2 Å². The molecule has 0 spiro atoms. The Morgan fingerprint density at radius 3 is 2.30 bits per heavy atom. The average Bonchev–Trinajstić information content (AvgIpc) is 2.99. The Bertz CT molecular complexity index is 479. The summed E-state index contributed by atoms with van der Waals surface area (Å²) in [6.45, 7) is 0.648. The molecule has 1 aromatic rings. The standard InChI is InChI=1S/C16H20F3N/c17-16(18,19)13-4-1-11(2-5-13)8-15(10-20)9-12-3-6-14(15)7-12/h1-2,4-5,12,14H,3,6-10,20H2. The molecule has 110 valence electrons. The van der Waals surface area contributed by atoms with Crippen LogP contribution in [-0.2, 0) is 12.6 Å².